The first-order valence-corrected chi connectivity index (χ1v) is 7.77. The minimum absolute atomic E-state index is 0.781. The molecule has 1 N–H and O–H groups in total. The fourth-order valence-electron chi connectivity index (χ4n) is 2.63. The van der Waals surface area contributed by atoms with E-state index in [2.05, 4.69) is 47.1 Å². The van der Waals surface area contributed by atoms with Gasteiger partial charge < -0.3 is 10.2 Å². The molecule has 1 aliphatic heterocycles. The summed E-state index contributed by atoms with van der Waals surface area (Å²) >= 11 is 5.43. The molecule has 0 bridgehead atoms. The Morgan fingerprint density at radius 3 is 2.55 bits per heavy atom. The Kier molecular flexibility index (Phi) is 5.60. The third-order valence-electron chi connectivity index (χ3n) is 3.81. The molecule has 1 aromatic carbocycles. The van der Waals surface area contributed by atoms with Gasteiger partial charge in [0.15, 0.2) is 5.11 Å². The number of nitrogens with zero attached hydrogens (tertiary/aromatic N) is 1. The lowest BCUT2D eigenvalue weighted by atomic mass is 9.90. The van der Waals surface area contributed by atoms with E-state index in [1.165, 1.54) is 24.8 Å². The third kappa shape index (κ3) is 4.64. The lowest BCUT2D eigenvalue weighted by molar-refractivity contribution is 0.263. The Hall–Kier alpha value is -1.35. The lowest BCUT2D eigenvalue weighted by Gasteiger charge is -2.34. The van der Waals surface area contributed by atoms with Crippen molar-refractivity contribution in [2.24, 2.45) is 5.92 Å². The van der Waals surface area contributed by atoms with E-state index in [1.54, 1.807) is 0 Å². The van der Waals surface area contributed by atoms with Crippen LogP contribution in [0, 0.1) is 5.92 Å². The minimum atomic E-state index is 0.781. The van der Waals surface area contributed by atoms with Gasteiger partial charge in [-0.3, -0.25) is 0 Å². The Morgan fingerprint density at radius 1 is 1.30 bits per heavy atom. The van der Waals surface area contributed by atoms with Crippen molar-refractivity contribution in [2.75, 3.05) is 19.6 Å². The summed E-state index contributed by atoms with van der Waals surface area (Å²) in [4.78, 5) is 2.29. The second kappa shape index (κ2) is 7.44. The number of piperidine rings is 1. The second-order valence-corrected chi connectivity index (χ2v) is 6.12. The van der Waals surface area contributed by atoms with E-state index in [0.717, 1.165) is 36.2 Å². The summed E-state index contributed by atoms with van der Waals surface area (Å²) in [6.45, 7) is 8.82. The maximum Gasteiger partial charge on any atom is 0.169 e. The van der Waals surface area contributed by atoms with Crippen LogP contribution in [0.25, 0.3) is 0 Å². The Bertz CT molecular complexity index is 447. The fourth-order valence-corrected chi connectivity index (χ4v) is 2.88. The molecule has 2 nitrogen and oxygen atoms in total. The quantitative estimate of drug-likeness (QED) is 0.675. The van der Waals surface area contributed by atoms with Crippen molar-refractivity contribution < 1.29 is 0 Å². The molecule has 0 amide bonds. The van der Waals surface area contributed by atoms with Crippen LogP contribution in [-0.2, 0) is 6.42 Å². The fraction of sp³-hybridized carbons (Fsp3) is 0.471. The van der Waals surface area contributed by atoms with Crippen molar-refractivity contribution in [3.05, 3.63) is 48.0 Å². The molecule has 1 saturated heterocycles. The summed E-state index contributed by atoms with van der Waals surface area (Å²) in [7, 11) is 0. The topological polar surface area (TPSA) is 15.3 Å². The van der Waals surface area contributed by atoms with Crippen molar-refractivity contribution in [3.63, 3.8) is 0 Å². The van der Waals surface area contributed by atoms with Crippen LogP contribution in [0.3, 0.4) is 0 Å². The molecule has 108 valence electrons. The first kappa shape index (κ1) is 15.0. The van der Waals surface area contributed by atoms with Gasteiger partial charge in [0.2, 0.25) is 0 Å². The Morgan fingerprint density at radius 2 is 1.95 bits per heavy atom. The van der Waals surface area contributed by atoms with Gasteiger partial charge in [-0.1, -0.05) is 42.5 Å². The van der Waals surface area contributed by atoms with E-state index in [-0.39, 0.29) is 0 Å². The summed E-state index contributed by atoms with van der Waals surface area (Å²) in [6.07, 6.45) is 3.65. The first-order chi connectivity index (χ1) is 9.65. The van der Waals surface area contributed by atoms with Crippen LogP contribution in [0.15, 0.2) is 42.5 Å². The van der Waals surface area contributed by atoms with E-state index in [4.69, 9.17) is 12.2 Å². The van der Waals surface area contributed by atoms with Gasteiger partial charge >= 0.3 is 0 Å². The largest absolute Gasteiger partial charge is 0.359 e. The zero-order chi connectivity index (χ0) is 14.4. The number of hydrogen-bond acceptors (Lipinski definition) is 1. The van der Waals surface area contributed by atoms with Crippen LogP contribution in [0.5, 0.6) is 0 Å². The normalized spacial score (nSPS) is 15.9. The lowest BCUT2D eigenvalue weighted by Crippen LogP contribution is -2.44. The van der Waals surface area contributed by atoms with Crippen molar-refractivity contribution in [1.82, 2.24) is 10.2 Å². The van der Waals surface area contributed by atoms with Crippen molar-refractivity contribution in [1.29, 1.82) is 0 Å². The summed E-state index contributed by atoms with van der Waals surface area (Å²) in [5.74, 6) is 0.789. The van der Waals surface area contributed by atoms with Crippen LogP contribution in [0.2, 0.25) is 0 Å². The van der Waals surface area contributed by atoms with Gasteiger partial charge in [-0.25, -0.2) is 0 Å². The molecule has 0 aliphatic carbocycles. The summed E-state index contributed by atoms with van der Waals surface area (Å²) in [5, 5.41) is 4.15. The van der Waals surface area contributed by atoms with E-state index < -0.39 is 0 Å². The molecule has 0 unspecified atom stereocenters. The molecular weight excluding hydrogens is 264 g/mol. The highest BCUT2D eigenvalue weighted by Crippen LogP contribution is 2.21. The van der Waals surface area contributed by atoms with Gasteiger partial charge in [-0.15, -0.1) is 0 Å². The zero-order valence-electron chi connectivity index (χ0n) is 12.3. The average molecular weight is 288 g/mol. The van der Waals surface area contributed by atoms with Gasteiger partial charge in [0, 0.05) is 19.6 Å². The number of nitrogens with one attached hydrogen (secondary N) is 1. The molecule has 1 aliphatic rings. The maximum absolute atomic E-state index is 5.43. The van der Waals surface area contributed by atoms with E-state index in [1.807, 2.05) is 6.92 Å². The molecule has 1 fully saturated rings. The third-order valence-corrected chi connectivity index (χ3v) is 4.21. The molecule has 3 heteroatoms. The average Bonchev–Trinajstić information content (AvgIpc) is 2.46. The van der Waals surface area contributed by atoms with Crippen LogP contribution in [0.4, 0.5) is 0 Å². The molecule has 0 atom stereocenters. The van der Waals surface area contributed by atoms with E-state index >= 15 is 0 Å². The van der Waals surface area contributed by atoms with E-state index in [9.17, 15) is 0 Å². The highest BCUT2D eigenvalue weighted by molar-refractivity contribution is 7.80. The summed E-state index contributed by atoms with van der Waals surface area (Å²) < 4.78 is 0. The van der Waals surface area contributed by atoms with Gasteiger partial charge in [-0.2, -0.15) is 0 Å². The van der Waals surface area contributed by atoms with Gasteiger partial charge in [0.1, 0.15) is 0 Å². The molecule has 0 radical (unpaired) electrons. The monoisotopic (exact) mass is 288 g/mol. The van der Waals surface area contributed by atoms with Gasteiger partial charge in [0.05, 0.1) is 0 Å². The molecule has 0 saturated carbocycles. The number of likely N-dealkylation sites (tertiary alicyclic amines) is 1. The molecule has 2 rings (SSSR count). The van der Waals surface area contributed by atoms with Crippen LogP contribution in [-0.4, -0.2) is 29.6 Å². The summed E-state index contributed by atoms with van der Waals surface area (Å²) in [5.41, 5.74) is 2.57. The standard InChI is InChI=1S/C17H24N2S/c1-14(2)13-18-17(20)19-10-8-16(9-11-19)12-15-6-4-3-5-7-15/h3-7,16H,1,8-13H2,2H3,(H,18,20). The first-order valence-electron chi connectivity index (χ1n) is 7.36. The molecule has 1 aromatic rings. The van der Waals surface area contributed by atoms with Crippen molar-refractivity contribution >= 4 is 17.3 Å². The highest BCUT2D eigenvalue weighted by Gasteiger charge is 2.20. The molecule has 1 heterocycles. The highest BCUT2D eigenvalue weighted by atomic mass is 32.1. The number of benzene rings is 1. The number of thiocarbonyl (C=S) groups is 1. The SMILES string of the molecule is C=C(C)CNC(=S)N1CCC(Cc2ccccc2)CC1. The summed E-state index contributed by atoms with van der Waals surface area (Å²) in [6, 6.07) is 10.8. The van der Waals surface area contributed by atoms with Crippen LogP contribution < -0.4 is 5.32 Å². The Balaban J connectivity index is 1.75. The Labute approximate surface area is 127 Å². The minimum Gasteiger partial charge on any atom is -0.359 e. The molecule has 20 heavy (non-hydrogen) atoms. The number of rotatable bonds is 4. The second-order valence-electron chi connectivity index (χ2n) is 5.74. The molecule has 0 aromatic heterocycles. The van der Waals surface area contributed by atoms with Crippen LogP contribution in [0.1, 0.15) is 25.3 Å². The molecule has 0 spiro atoms. The number of hydrogen-bond donors (Lipinski definition) is 1. The van der Waals surface area contributed by atoms with Gasteiger partial charge in [-0.05, 0) is 49.9 Å². The smallest absolute Gasteiger partial charge is 0.169 e. The van der Waals surface area contributed by atoms with Crippen molar-refractivity contribution in [2.45, 2.75) is 26.2 Å². The predicted octanol–water partition coefficient (Wildman–Crippen LogP) is 3.39. The van der Waals surface area contributed by atoms with E-state index in [0.29, 0.717) is 0 Å². The van der Waals surface area contributed by atoms with Crippen molar-refractivity contribution in [3.8, 4) is 0 Å². The van der Waals surface area contributed by atoms with Gasteiger partial charge in [0.25, 0.3) is 0 Å². The molecular formula is C17H24N2S. The predicted molar refractivity (Wildman–Crippen MR) is 89.9 cm³/mol. The van der Waals surface area contributed by atoms with Crippen LogP contribution >= 0.6 is 12.2 Å². The zero-order valence-corrected chi connectivity index (χ0v) is 13.1. The maximum atomic E-state index is 5.43.